The van der Waals surface area contributed by atoms with Crippen molar-refractivity contribution in [2.75, 3.05) is 39.4 Å². The van der Waals surface area contributed by atoms with E-state index in [0.29, 0.717) is 67.7 Å². The summed E-state index contributed by atoms with van der Waals surface area (Å²) in [5, 5.41) is 18.5. The molecule has 10 rings (SSSR count). The van der Waals surface area contributed by atoms with Crippen LogP contribution >= 0.6 is 11.6 Å². The first-order valence-electron chi connectivity index (χ1n) is 24.7. The zero-order valence-corrected chi connectivity index (χ0v) is 41.4. The number of para-hydroxylation sites is 4. The quantitative estimate of drug-likeness (QED) is 0.0619. The van der Waals surface area contributed by atoms with Crippen molar-refractivity contribution in [2.45, 2.75) is 52.1 Å². The van der Waals surface area contributed by atoms with Crippen LogP contribution in [0, 0.1) is 22.5 Å². The lowest BCUT2D eigenvalue weighted by Gasteiger charge is -2.35. The number of aromatic nitrogens is 4. The fourth-order valence-electron chi connectivity index (χ4n) is 9.30. The van der Waals surface area contributed by atoms with Crippen molar-refractivity contribution in [1.82, 2.24) is 28.1 Å². The molecule has 0 unspecified atom stereocenters. The summed E-state index contributed by atoms with van der Waals surface area (Å²) >= 11 is 6.37. The number of imidazole rings is 2. The maximum Gasteiger partial charge on any atom is 0.203 e. The molecule has 7 aromatic carbocycles. The molecule has 0 amide bonds. The van der Waals surface area contributed by atoms with Gasteiger partial charge in [-0.1, -0.05) is 103 Å². The predicted octanol–water partition coefficient (Wildman–Crippen LogP) is 10.9. The second-order valence-electron chi connectivity index (χ2n) is 18.2. The van der Waals surface area contributed by atoms with E-state index in [1.165, 1.54) is 41.0 Å². The molecule has 1 fully saturated rings. The van der Waals surface area contributed by atoms with Crippen LogP contribution in [0.4, 0.5) is 8.78 Å². The summed E-state index contributed by atoms with van der Waals surface area (Å²) in [6, 6.07) is 52.6. The van der Waals surface area contributed by atoms with Gasteiger partial charge >= 0.3 is 0 Å². The Bertz CT molecular complexity index is 3360. The number of carbonyl (C=O) groups excluding carboxylic acids is 1. The van der Waals surface area contributed by atoms with Gasteiger partial charge in [0.05, 0.1) is 48.4 Å². The minimum absolute atomic E-state index is 0.274. The Morgan fingerprint density at radius 1 is 0.466 bits per heavy atom. The summed E-state index contributed by atoms with van der Waals surface area (Å²) in [6.45, 7) is 9.46. The molecule has 1 aliphatic rings. The second-order valence-corrected chi connectivity index (χ2v) is 18.6. The summed E-state index contributed by atoms with van der Waals surface area (Å²) in [4.78, 5) is 15.9. The third kappa shape index (κ3) is 12.9. The zero-order chi connectivity index (χ0) is 50.5. The number of aryl methyl sites for hydroxylation is 2. The van der Waals surface area contributed by atoms with Crippen LogP contribution in [0.1, 0.15) is 45.5 Å². The normalized spacial score (nSPS) is 13.0. The molecule has 11 nitrogen and oxygen atoms in total. The Balaban J connectivity index is 0.000000192. The molecule has 1 saturated heterocycles. The molecule has 1 aliphatic heterocycles. The van der Waals surface area contributed by atoms with Gasteiger partial charge in [-0.15, -0.1) is 0 Å². The average molecular weight is 1000 g/mol. The van der Waals surface area contributed by atoms with Crippen LogP contribution in [0.25, 0.3) is 22.1 Å². The lowest BCUT2D eigenvalue weighted by Crippen LogP contribution is -2.45. The maximum absolute atomic E-state index is 13.2. The van der Waals surface area contributed by atoms with Gasteiger partial charge in [0.15, 0.2) is 0 Å². The smallest absolute Gasteiger partial charge is 0.203 e. The molecular weight excluding hydrogens is 942 g/mol. The van der Waals surface area contributed by atoms with Gasteiger partial charge in [-0.3, -0.25) is 25.4 Å². The van der Waals surface area contributed by atoms with Crippen molar-refractivity contribution >= 4 is 40.0 Å². The Morgan fingerprint density at radius 3 is 1.29 bits per heavy atom. The van der Waals surface area contributed by atoms with Crippen LogP contribution in [0.5, 0.6) is 11.5 Å². The Morgan fingerprint density at radius 2 is 0.849 bits per heavy atom. The number of nitrogens with one attached hydrogen (secondary N) is 2. The molecule has 0 spiro atoms. The lowest BCUT2D eigenvalue weighted by molar-refractivity contribution is 0.112. The van der Waals surface area contributed by atoms with E-state index in [4.69, 9.17) is 31.9 Å². The van der Waals surface area contributed by atoms with E-state index in [9.17, 15) is 13.6 Å². The van der Waals surface area contributed by atoms with Crippen LogP contribution in [0.2, 0.25) is 5.02 Å². The molecule has 374 valence electrons. The number of rotatable bonds is 19. The molecule has 0 bridgehead atoms. The largest absolute Gasteiger partial charge is 0.494 e. The number of aldehydes is 1. The van der Waals surface area contributed by atoms with Gasteiger partial charge in [0.2, 0.25) is 11.2 Å². The van der Waals surface area contributed by atoms with Gasteiger partial charge < -0.3 is 27.7 Å². The van der Waals surface area contributed by atoms with E-state index >= 15 is 0 Å². The highest BCUT2D eigenvalue weighted by Gasteiger charge is 2.19. The number of hydrogen-bond donors (Lipinski definition) is 2. The highest BCUT2D eigenvalue weighted by molar-refractivity contribution is 6.31. The number of halogens is 3. The predicted molar refractivity (Wildman–Crippen MR) is 283 cm³/mol. The molecular formula is C59H59ClF2N8O3. The first-order valence-corrected chi connectivity index (χ1v) is 25.1. The zero-order valence-electron chi connectivity index (χ0n) is 40.7. The van der Waals surface area contributed by atoms with Gasteiger partial charge in [-0.25, -0.2) is 8.78 Å². The summed E-state index contributed by atoms with van der Waals surface area (Å²) in [6.07, 6.45) is 2.29. The van der Waals surface area contributed by atoms with E-state index < -0.39 is 0 Å². The number of piperazine rings is 1. The number of ether oxygens (including phenoxy) is 2. The molecule has 73 heavy (non-hydrogen) atoms. The molecule has 2 N–H and O–H groups in total. The van der Waals surface area contributed by atoms with Crippen LogP contribution < -0.4 is 20.7 Å². The van der Waals surface area contributed by atoms with Crippen LogP contribution in [0.3, 0.4) is 0 Å². The third-order valence-corrected chi connectivity index (χ3v) is 13.6. The fourth-order valence-corrected chi connectivity index (χ4v) is 9.49. The molecule has 0 radical (unpaired) electrons. The van der Waals surface area contributed by atoms with Crippen molar-refractivity contribution in [1.29, 1.82) is 10.8 Å². The van der Waals surface area contributed by atoms with E-state index in [1.54, 1.807) is 36.4 Å². The summed E-state index contributed by atoms with van der Waals surface area (Å²) in [5.41, 5.74) is 10.3. The third-order valence-electron chi connectivity index (χ3n) is 13.2. The molecule has 0 aliphatic carbocycles. The average Bonchev–Trinajstić information content (AvgIpc) is 3.84. The SMILES string of the molecule is N=c1n(CCCOc2ccc(F)cc2)c2ccccc2n1Cc1ccc(C=O)cc1.N=c1n(CCCOc2ccc(F)cc2)c2ccccc2n1Cc1ccc(CN2CCN(Cc3ccccc3Cl)CC2)cc1. The van der Waals surface area contributed by atoms with Crippen LogP contribution in [-0.4, -0.2) is 73.7 Å². The number of carbonyl (C=O) groups is 1. The van der Waals surface area contributed by atoms with Crippen molar-refractivity contribution in [3.63, 3.8) is 0 Å². The minimum atomic E-state index is -0.287. The van der Waals surface area contributed by atoms with E-state index in [0.717, 1.165) is 91.0 Å². The van der Waals surface area contributed by atoms with Gasteiger partial charge in [0.25, 0.3) is 0 Å². The monoisotopic (exact) mass is 1000 g/mol. The van der Waals surface area contributed by atoms with Crippen LogP contribution in [0.15, 0.2) is 170 Å². The van der Waals surface area contributed by atoms with Gasteiger partial charge in [0.1, 0.15) is 29.4 Å². The number of hydrogen-bond acceptors (Lipinski definition) is 7. The van der Waals surface area contributed by atoms with E-state index in [-0.39, 0.29) is 11.6 Å². The summed E-state index contributed by atoms with van der Waals surface area (Å²) in [7, 11) is 0. The van der Waals surface area contributed by atoms with Crippen molar-refractivity contribution < 1.29 is 23.0 Å². The molecule has 3 heterocycles. The van der Waals surface area contributed by atoms with Crippen LogP contribution in [-0.2, 0) is 39.3 Å². The number of nitrogens with zero attached hydrogens (tertiary/aromatic N) is 6. The standard InChI is InChI=1S/C35H37ClFN5O.C24H22FN3O2/c36-32-7-2-1-6-29(32)26-40-21-19-39(20-22-40)24-27-10-12-28(13-11-27)25-42-34-9-4-3-8-33(34)41(35(42)38)18-5-23-43-31-16-14-30(37)15-17-31;25-20-10-12-21(13-11-20)30-15-3-14-27-22-4-1-2-5-23(22)28(24(27)26)16-18-6-8-19(17-29)9-7-18/h1-4,6-17,38H,5,18-26H2;1-2,4-13,17,26H,3,14-16H2. The maximum atomic E-state index is 13.2. The molecule has 14 heteroatoms. The van der Waals surface area contributed by atoms with Gasteiger partial charge in [-0.2, -0.15) is 0 Å². The van der Waals surface area contributed by atoms with Gasteiger partial charge in [0, 0.05) is 62.9 Å². The Hall–Kier alpha value is -7.58. The van der Waals surface area contributed by atoms with Crippen molar-refractivity contribution in [3.8, 4) is 11.5 Å². The summed E-state index contributed by atoms with van der Waals surface area (Å²) < 4.78 is 45.7. The van der Waals surface area contributed by atoms with Gasteiger partial charge in [-0.05, 0) is 114 Å². The molecule has 2 aromatic heterocycles. The molecule has 9 aromatic rings. The summed E-state index contributed by atoms with van der Waals surface area (Å²) in [5.74, 6) is 0.724. The number of benzene rings is 7. The number of fused-ring (bicyclic) bond motifs is 2. The minimum Gasteiger partial charge on any atom is -0.494 e. The first kappa shape index (κ1) is 50.4. The fraction of sp³-hybridized carbons (Fsp3) is 0.237. The molecule has 0 atom stereocenters. The Labute approximate surface area is 428 Å². The topological polar surface area (TPSA) is 109 Å². The van der Waals surface area contributed by atoms with Crippen molar-refractivity contribution in [2.24, 2.45) is 0 Å². The first-order chi connectivity index (χ1) is 35.7. The lowest BCUT2D eigenvalue weighted by atomic mass is 10.1. The van der Waals surface area contributed by atoms with E-state index in [1.807, 2.05) is 74.4 Å². The molecule has 0 saturated carbocycles. The highest BCUT2D eigenvalue weighted by atomic mass is 35.5. The van der Waals surface area contributed by atoms with Crippen molar-refractivity contribution in [3.05, 3.63) is 226 Å². The highest BCUT2D eigenvalue weighted by Crippen LogP contribution is 2.21. The second kappa shape index (κ2) is 24.2. The Kier molecular flexibility index (Phi) is 16.7. The van der Waals surface area contributed by atoms with E-state index in [2.05, 4.69) is 62.9 Å².